The van der Waals surface area contributed by atoms with Gasteiger partial charge in [-0.25, -0.2) is 0 Å². The predicted molar refractivity (Wildman–Crippen MR) is 70.0 cm³/mol. The van der Waals surface area contributed by atoms with Gasteiger partial charge in [0, 0.05) is 23.3 Å². The summed E-state index contributed by atoms with van der Waals surface area (Å²) in [6.45, 7) is 7.40. The number of para-hydroxylation sites is 1. The van der Waals surface area contributed by atoms with Crippen molar-refractivity contribution < 1.29 is 0 Å². The third-order valence-electron chi connectivity index (χ3n) is 2.69. The summed E-state index contributed by atoms with van der Waals surface area (Å²) in [4.78, 5) is 4.68. The number of fused-ring (bicyclic) bond motifs is 1. The minimum Gasteiger partial charge on any atom is -0.385 e. The zero-order valence-corrected chi connectivity index (χ0v) is 10.1. The van der Waals surface area contributed by atoms with E-state index in [9.17, 15) is 0 Å². The maximum Gasteiger partial charge on any atom is 0.0726 e. The van der Waals surface area contributed by atoms with Crippen LogP contribution in [0.4, 0.5) is 5.69 Å². The van der Waals surface area contributed by atoms with Crippen molar-refractivity contribution in [3.63, 3.8) is 0 Å². The van der Waals surface area contributed by atoms with Gasteiger partial charge in [0.15, 0.2) is 0 Å². The second-order valence-corrected chi connectivity index (χ2v) is 4.30. The number of anilines is 1. The largest absolute Gasteiger partial charge is 0.385 e. The first-order valence-electron chi connectivity index (χ1n) is 5.86. The predicted octanol–water partition coefficient (Wildman–Crippen LogP) is 3.79. The number of benzene rings is 1. The molecule has 0 fully saturated rings. The third kappa shape index (κ3) is 2.01. The number of aromatic nitrogens is 1. The molecule has 0 atom stereocenters. The summed E-state index contributed by atoms with van der Waals surface area (Å²) in [5.41, 5.74) is 3.41. The summed E-state index contributed by atoms with van der Waals surface area (Å²) in [5, 5.41) is 4.61. The Morgan fingerprint density at radius 3 is 2.69 bits per heavy atom. The highest BCUT2D eigenvalue weighted by Gasteiger charge is 2.07. The molecule has 1 heterocycles. The fourth-order valence-corrected chi connectivity index (χ4v) is 1.83. The molecule has 2 nitrogen and oxygen atoms in total. The van der Waals surface area contributed by atoms with Crippen LogP contribution in [0, 0.1) is 0 Å². The SMILES string of the molecule is CCNc1cc(C(C)C)nc2ccccc12. The first kappa shape index (κ1) is 10.9. The lowest BCUT2D eigenvalue weighted by Gasteiger charge is -2.12. The van der Waals surface area contributed by atoms with E-state index in [4.69, 9.17) is 0 Å². The molecule has 0 unspecified atom stereocenters. The summed E-state index contributed by atoms with van der Waals surface area (Å²) in [6.07, 6.45) is 0. The van der Waals surface area contributed by atoms with Gasteiger partial charge in [0.05, 0.1) is 5.52 Å². The van der Waals surface area contributed by atoms with E-state index in [0.29, 0.717) is 5.92 Å². The summed E-state index contributed by atoms with van der Waals surface area (Å²) < 4.78 is 0. The minimum absolute atomic E-state index is 0.460. The molecule has 1 aromatic heterocycles. The van der Waals surface area contributed by atoms with E-state index in [-0.39, 0.29) is 0 Å². The van der Waals surface area contributed by atoms with Crippen LogP contribution in [0.2, 0.25) is 0 Å². The number of hydrogen-bond donors (Lipinski definition) is 1. The number of nitrogens with one attached hydrogen (secondary N) is 1. The Kier molecular flexibility index (Phi) is 3.09. The lowest BCUT2D eigenvalue weighted by Crippen LogP contribution is -2.01. The normalized spacial score (nSPS) is 11.0. The molecule has 1 N–H and O–H groups in total. The molecule has 0 bridgehead atoms. The van der Waals surface area contributed by atoms with Gasteiger partial charge < -0.3 is 5.32 Å². The zero-order chi connectivity index (χ0) is 11.5. The first-order chi connectivity index (χ1) is 7.72. The Hall–Kier alpha value is -1.57. The first-order valence-corrected chi connectivity index (χ1v) is 5.86. The lowest BCUT2D eigenvalue weighted by atomic mass is 10.1. The van der Waals surface area contributed by atoms with Crippen LogP contribution >= 0.6 is 0 Å². The van der Waals surface area contributed by atoms with Crippen molar-refractivity contribution in [2.45, 2.75) is 26.7 Å². The van der Waals surface area contributed by atoms with Crippen LogP contribution < -0.4 is 5.32 Å². The van der Waals surface area contributed by atoms with E-state index < -0.39 is 0 Å². The van der Waals surface area contributed by atoms with Gasteiger partial charge in [0.1, 0.15) is 0 Å². The highest BCUT2D eigenvalue weighted by atomic mass is 14.9. The van der Waals surface area contributed by atoms with Crippen molar-refractivity contribution >= 4 is 16.6 Å². The Labute approximate surface area is 96.7 Å². The van der Waals surface area contributed by atoms with Crippen molar-refractivity contribution in [1.29, 1.82) is 0 Å². The summed E-state index contributed by atoms with van der Waals surface area (Å²) in [5.74, 6) is 0.460. The van der Waals surface area contributed by atoms with Crippen LogP contribution in [-0.4, -0.2) is 11.5 Å². The molecule has 2 aromatic rings. The van der Waals surface area contributed by atoms with Gasteiger partial charge >= 0.3 is 0 Å². The van der Waals surface area contributed by atoms with Gasteiger partial charge in [0.25, 0.3) is 0 Å². The van der Waals surface area contributed by atoms with E-state index in [1.54, 1.807) is 0 Å². The molecule has 1 aromatic carbocycles. The Balaban J connectivity index is 2.63. The standard InChI is InChI=1S/C14H18N2/c1-4-15-14-9-13(10(2)3)16-12-8-6-5-7-11(12)14/h5-10H,4H2,1-3H3,(H,15,16). The highest BCUT2D eigenvalue weighted by molar-refractivity contribution is 5.91. The number of nitrogens with zero attached hydrogens (tertiary/aromatic N) is 1. The summed E-state index contributed by atoms with van der Waals surface area (Å²) in [6, 6.07) is 10.4. The van der Waals surface area contributed by atoms with Gasteiger partial charge in [-0.05, 0) is 25.0 Å². The van der Waals surface area contributed by atoms with E-state index in [1.807, 2.05) is 6.07 Å². The van der Waals surface area contributed by atoms with Crippen LogP contribution in [0.25, 0.3) is 10.9 Å². The van der Waals surface area contributed by atoms with E-state index in [2.05, 4.69) is 55.3 Å². The van der Waals surface area contributed by atoms with Crippen LogP contribution in [0.1, 0.15) is 32.4 Å². The molecule has 0 amide bonds. The average Bonchev–Trinajstić information content (AvgIpc) is 2.29. The second kappa shape index (κ2) is 4.52. The zero-order valence-electron chi connectivity index (χ0n) is 10.1. The number of hydrogen-bond acceptors (Lipinski definition) is 2. The van der Waals surface area contributed by atoms with E-state index in [1.165, 1.54) is 11.1 Å². The van der Waals surface area contributed by atoms with Gasteiger partial charge in [0.2, 0.25) is 0 Å². The molecule has 0 aliphatic rings. The fourth-order valence-electron chi connectivity index (χ4n) is 1.83. The van der Waals surface area contributed by atoms with E-state index in [0.717, 1.165) is 17.8 Å². The molecular weight excluding hydrogens is 196 g/mol. The fraction of sp³-hybridized carbons (Fsp3) is 0.357. The number of pyridine rings is 1. The molecule has 0 aliphatic heterocycles. The Morgan fingerprint density at radius 1 is 1.25 bits per heavy atom. The number of rotatable bonds is 3. The van der Waals surface area contributed by atoms with Crippen LogP contribution in [0.3, 0.4) is 0 Å². The lowest BCUT2D eigenvalue weighted by molar-refractivity contribution is 0.830. The molecule has 0 radical (unpaired) electrons. The molecular formula is C14H18N2. The van der Waals surface area contributed by atoms with Crippen molar-refractivity contribution in [2.24, 2.45) is 0 Å². The van der Waals surface area contributed by atoms with Crippen molar-refractivity contribution in [3.8, 4) is 0 Å². The smallest absolute Gasteiger partial charge is 0.0726 e. The quantitative estimate of drug-likeness (QED) is 0.840. The van der Waals surface area contributed by atoms with Crippen molar-refractivity contribution in [2.75, 3.05) is 11.9 Å². The van der Waals surface area contributed by atoms with Crippen molar-refractivity contribution in [3.05, 3.63) is 36.0 Å². The van der Waals surface area contributed by atoms with Gasteiger partial charge in [-0.2, -0.15) is 0 Å². The van der Waals surface area contributed by atoms with Crippen LogP contribution in [0.15, 0.2) is 30.3 Å². The molecule has 0 saturated heterocycles. The van der Waals surface area contributed by atoms with Crippen LogP contribution in [-0.2, 0) is 0 Å². The third-order valence-corrected chi connectivity index (χ3v) is 2.69. The Bertz CT molecular complexity index is 489. The molecule has 16 heavy (non-hydrogen) atoms. The van der Waals surface area contributed by atoms with Gasteiger partial charge in [-0.1, -0.05) is 32.0 Å². The summed E-state index contributed by atoms with van der Waals surface area (Å²) in [7, 11) is 0. The average molecular weight is 214 g/mol. The minimum atomic E-state index is 0.460. The van der Waals surface area contributed by atoms with E-state index >= 15 is 0 Å². The van der Waals surface area contributed by atoms with Crippen LogP contribution in [0.5, 0.6) is 0 Å². The van der Waals surface area contributed by atoms with Crippen molar-refractivity contribution in [1.82, 2.24) is 4.98 Å². The highest BCUT2D eigenvalue weighted by Crippen LogP contribution is 2.25. The topological polar surface area (TPSA) is 24.9 Å². The second-order valence-electron chi connectivity index (χ2n) is 4.30. The summed E-state index contributed by atoms with van der Waals surface area (Å²) >= 11 is 0. The molecule has 0 aliphatic carbocycles. The maximum atomic E-state index is 4.68. The molecule has 2 rings (SSSR count). The van der Waals surface area contributed by atoms with Gasteiger partial charge in [-0.15, -0.1) is 0 Å². The molecule has 84 valence electrons. The molecule has 0 saturated carbocycles. The maximum absolute atomic E-state index is 4.68. The molecule has 0 spiro atoms. The monoisotopic (exact) mass is 214 g/mol. The molecule has 2 heteroatoms. The van der Waals surface area contributed by atoms with Gasteiger partial charge in [-0.3, -0.25) is 4.98 Å². The Morgan fingerprint density at radius 2 is 2.00 bits per heavy atom.